The first-order valence-corrected chi connectivity index (χ1v) is 10.4. The summed E-state index contributed by atoms with van der Waals surface area (Å²) in [5, 5.41) is 5.93. The van der Waals surface area contributed by atoms with Crippen molar-refractivity contribution >= 4 is 29.5 Å². The monoisotopic (exact) mass is 460 g/mol. The van der Waals surface area contributed by atoms with Crippen LogP contribution in [0.2, 0.25) is 5.02 Å². The van der Waals surface area contributed by atoms with Crippen molar-refractivity contribution in [2.75, 3.05) is 20.3 Å². The van der Waals surface area contributed by atoms with Crippen molar-refractivity contribution in [2.45, 2.75) is 30.3 Å². The molecule has 168 valence electrons. The Bertz CT molecular complexity index is 1040. The van der Waals surface area contributed by atoms with Gasteiger partial charge in [0.15, 0.2) is 6.61 Å². The molecule has 2 N–H and O–H groups in total. The first-order valence-electron chi connectivity index (χ1n) is 10.0. The van der Waals surface area contributed by atoms with Crippen LogP contribution in [0.5, 0.6) is 5.75 Å². The predicted molar refractivity (Wildman–Crippen MR) is 115 cm³/mol. The number of methoxy groups -OCH3 is 1. The molecule has 0 aliphatic heterocycles. The summed E-state index contributed by atoms with van der Waals surface area (Å²) >= 11 is 5.63. The fourth-order valence-electron chi connectivity index (χ4n) is 4.21. The number of carbonyl (C=O) groups is 2. The summed E-state index contributed by atoms with van der Waals surface area (Å²) in [4.78, 5) is 33.0. The van der Waals surface area contributed by atoms with E-state index in [1.165, 1.54) is 24.5 Å². The van der Waals surface area contributed by atoms with Gasteiger partial charge in [-0.25, -0.2) is 9.37 Å². The number of rotatable bonds is 9. The number of hydrogen-bond acceptors (Lipinski definition) is 6. The van der Waals surface area contributed by atoms with Crippen molar-refractivity contribution in [1.29, 1.82) is 0 Å². The van der Waals surface area contributed by atoms with Crippen LogP contribution in [0.4, 0.5) is 4.39 Å². The second-order valence-corrected chi connectivity index (χ2v) is 8.55. The van der Waals surface area contributed by atoms with Crippen LogP contribution in [0.1, 0.15) is 35.4 Å². The molecule has 0 unspecified atom stereocenters. The summed E-state index contributed by atoms with van der Waals surface area (Å²) in [7, 11) is 1.60. The molecular weight excluding hydrogens is 439 g/mol. The van der Waals surface area contributed by atoms with E-state index in [0.717, 1.165) is 6.07 Å². The minimum absolute atomic E-state index is 0.0103. The molecule has 8 nitrogen and oxygen atoms in total. The van der Waals surface area contributed by atoms with E-state index in [0.29, 0.717) is 31.6 Å². The van der Waals surface area contributed by atoms with Crippen molar-refractivity contribution in [3.8, 4) is 5.75 Å². The Morgan fingerprint density at radius 3 is 2.59 bits per heavy atom. The number of nitrogens with one attached hydrogen (secondary N) is 2. The van der Waals surface area contributed by atoms with Crippen LogP contribution in [-0.2, 0) is 9.53 Å². The second-order valence-electron chi connectivity index (χ2n) is 8.14. The van der Waals surface area contributed by atoms with Crippen LogP contribution in [0.15, 0.2) is 36.7 Å². The highest BCUT2D eigenvalue weighted by molar-refractivity contribution is 6.30. The largest absolute Gasteiger partial charge is 0.484 e. The summed E-state index contributed by atoms with van der Waals surface area (Å²) in [6.07, 6.45) is 8.44. The Hall–Kier alpha value is -3.04. The van der Waals surface area contributed by atoms with Crippen LogP contribution >= 0.6 is 11.6 Å². The molecule has 1 heterocycles. The molecule has 2 aromatic rings. The lowest BCUT2D eigenvalue weighted by Crippen LogP contribution is -2.84. The van der Waals surface area contributed by atoms with Gasteiger partial charge in [0.1, 0.15) is 17.3 Å². The minimum atomic E-state index is -0.608. The third-order valence-corrected chi connectivity index (χ3v) is 5.84. The average molecular weight is 461 g/mol. The minimum Gasteiger partial charge on any atom is -0.484 e. The Kier molecular flexibility index (Phi) is 6.12. The number of ether oxygens (including phenoxy) is 2. The van der Waals surface area contributed by atoms with Gasteiger partial charge in [-0.2, -0.15) is 0 Å². The van der Waals surface area contributed by atoms with E-state index in [1.807, 2.05) is 0 Å². The van der Waals surface area contributed by atoms with Gasteiger partial charge < -0.3 is 20.1 Å². The zero-order valence-corrected chi connectivity index (χ0v) is 18.1. The van der Waals surface area contributed by atoms with Crippen LogP contribution in [-0.4, -0.2) is 53.2 Å². The first-order chi connectivity index (χ1) is 15.3. The SMILES string of the molecule is COC/C=C/c1cnc(C(=O)NC23CC(NC(=O)COc4ccc(Cl)c(F)c4)(C2)C3)cn1. The standard InChI is InChI=1S/C22H22ClFN4O4/c1-31-6-2-3-14-8-26-18(9-25-14)20(30)28-22-11-21(12-22,13-22)27-19(29)10-32-15-4-5-16(23)17(24)7-15/h2-5,7-9H,6,10-13H2,1H3,(H,27,29)(H,28,30)/b3-2+. The van der Waals surface area contributed by atoms with Gasteiger partial charge in [0.25, 0.3) is 11.8 Å². The van der Waals surface area contributed by atoms with E-state index in [2.05, 4.69) is 20.6 Å². The number of benzene rings is 1. The van der Waals surface area contributed by atoms with E-state index < -0.39 is 5.82 Å². The molecule has 10 heteroatoms. The molecule has 3 fully saturated rings. The molecule has 2 bridgehead atoms. The maximum Gasteiger partial charge on any atom is 0.271 e. The summed E-state index contributed by atoms with van der Waals surface area (Å²) in [6.45, 7) is 0.236. The number of nitrogens with zero attached hydrogens (tertiary/aromatic N) is 2. The highest BCUT2D eigenvalue weighted by atomic mass is 35.5. The third-order valence-electron chi connectivity index (χ3n) is 5.53. The van der Waals surface area contributed by atoms with Crippen molar-refractivity contribution in [1.82, 2.24) is 20.6 Å². The molecule has 1 aromatic carbocycles. The molecule has 5 rings (SSSR count). The number of aromatic nitrogens is 2. The highest BCUT2D eigenvalue weighted by Crippen LogP contribution is 2.60. The summed E-state index contributed by atoms with van der Waals surface area (Å²) in [6, 6.07) is 4.00. The lowest BCUT2D eigenvalue weighted by molar-refractivity contribution is -0.141. The predicted octanol–water partition coefficient (Wildman–Crippen LogP) is 2.53. The van der Waals surface area contributed by atoms with E-state index in [-0.39, 0.29) is 46.0 Å². The van der Waals surface area contributed by atoms with Gasteiger partial charge in [-0.15, -0.1) is 0 Å². The van der Waals surface area contributed by atoms with Gasteiger partial charge in [-0.05, 0) is 37.5 Å². The quantitative estimate of drug-likeness (QED) is 0.596. The summed E-state index contributed by atoms with van der Waals surface area (Å²) in [5.41, 5.74) is 0.207. The normalized spacial score (nSPS) is 23.2. The van der Waals surface area contributed by atoms with Gasteiger partial charge in [0.2, 0.25) is 0 Å². The van der Waals surface area contributed by atoms with E-state index >= 15 is 0 Å². The van der Waals surface area contributed by atoms with E-state index in [1.54, 1.807) is 19.3 Å². The number of carbonyl (C=O) groups excluding carboxylic acids is 2. The number of amides is 2. The Morgan fingerprint density at radius 1 is 1.19 bits per heavy atom. The molecule has 0 saturated heterocycles. The number of halogens is 2. The first kappa shape index (κ1) is 22.2. The number of hydrogen-bond donors (Lipinski definition) is 2. The molecule has 32 heavy (non-hydrogen) atoms. The third kappa shape index (κ3) is 4.73. The topological polar surface area (TPSA) is 102 Å². The van der Waals surface area contributed by atoms with Crippen LogP contribution < -0.4 is 15.4 Å². The molecule has 1 aromatic heterocycles. The zero-order chi connectivity index (χ0) is 22.8. The summed E-state index contributed by atoms with van der Waals surface area (Å²) in [5.74, 6) is -0.978. The second kappa shape index (κ2) is 8.84. The maximum absolute atomic E-state index is 13.4. The smallest absolute Gasteiger partial charge is 0.271 e. The fourth-order valence-corrected chi connectivity index (χ4v) is 4.33. The molecule has 0 radical (unpaired) electrons. The molecule has 0 spiro atoms. The Balaban J connectivity index is 1.22. The van der Waals surface area contributed by atoms with Gasteiger partial charge in [0, 0.05) is 24.3 Å². The van der Waals surface area contributed by atoms with Crippen molar-refractivity contribution in [2.24, 2.45) is 0 Å². The van der Waals surface area contributed by atoms with Gasteiger partial charge in [-0.1, -0.05) is 17.7 Å². The van der Waals surface area contributed by atoms with Gasteiger partial charge in [0.05, 0.1) is 29.7 Å². The van der Waals surface area contributed by atoms with E-state index in [9.17, 15) is 14.0 Å². The van der Waals surface area contributed by atoms with Crippen LogP contribution in [0.3, 0.4) is 0 Å². The van der Waals surface area contributed by atoms with Crippen LogP contribution in [0, 0.1) is 5.82 Å². The molecule has 3 aliphatic rings. The molecular formula is C22H22ClFN4O4. The van der Waals surface area contributed by atoms with E-state index in [4.69, 9.17) is 21.1 Å². The lowest BCUT2D eigenvalue weighted by atomic mass is 9.44. The average Bonchev–Trinajstić information content (AvgIpc) is 2.73. The van der Waals surface area contributed by atoms with Gasteiger partial charge in [-0.3, -0.25) is 14.6 Å². The highest BCUT2D eigenvalue weighted by Gasteiger charge is 2.69. The van der Waals surface area contributed by atoms with Crippen molar-refractivity contribution < 1.29 is 23.5 Å². The Morgan fingerprint density at radius 2 is 1.94 bits per heavy atom. The van der Waals surface area contributed by atoms with Gasteiger partial charge >= 0.3 is 0 Å². The fraction of sp³-hybridized carbons (Fsp3) is 0.364. The van der Waals surface area contributed by atoms with Crippen LogP contribution in [0.25, 0.3) is 6.08 Å². The summed E-state index contributed by atoms with van der Waals surface area (Å²) < 4.78 is 23.7. The molecule has 0 atom stereocenters. The molecule has 2 amide bonds. The Labute approximate surface area is 189 Å². The lowest BCUT2D eigenvalue weighted by Gasteiger charge is -2.70. The zero-order valence-electron chi connectivity index (χ0n) is 17.4. The molecule has 3 aliphatic carbocycles. The van der Waals surface area contributed by atoms with Crippen molar-refractivity contribution in [3.63, 3.8) is 0 Å². The maximum atomic E-state index is 13.4. The van der Waals surface area contributed by atoms with Crippen molar-refractivity contribution in [3.05, 3.63) is 58.9 Å². The molecule has 3 saturated carbocycles.